The maximum absolute atomic E-state index is 11.7. The molecule has 96 valence electrons. The first-order valence-corrected chi connectivity index (χ1v) is 5.85. The molecule has 0 atom stereocenters. The lowest BCUT2D eigenvalue weighted by Crippen LogP contribution is -2.23. The van der Waals surface area contributed by atoms with Crippen LogP contribution in [0.25, 0.3) is 0 Å². The van der Waals surface area contributed by atoms with Crippen LogP contribution < -0.4 is 10.9 Å². The molecule has 0 aliphatic carbocycles. The average Bonchev–Trinajstić information content (AvgIpc) is 2.88. The molecular formula is C10H12ClN5O2. The van der Waals surface area contributed by atoms with E-state index in [2.05, 4.69) is 25.1 Å². The first-order valence-electron chi connectivity index (χ1n) is 5.47. The Morgan fingerprint density at radius 3 is 3.06 bits per heavy atom. The van der Waals surface area contributed by atoms with E-state index in [0.717, 1.165) is 0 Å². The second kappa shape index (κ2) is 5.63. The lowest BCUT2D eigenvalue weighted by molar-refractivity contribution is 0.410. The number of nitrogens with zero attached hydrogens (tertiary/aromatic N) is 4. The first kappa shape index (κ1) is 12.6. The Balaban J connectivity index is 2.02. The molecule has 0 unspecified atom stereocenters. The average molecular weight is 270 g/mol. The summed E-state index contributed by atoms with van der Waals surface area (Å²) in [6.07, 6.45) is 3.37. The van der Waals surface area contributed by atoms with Gasteiger partial charge in [-0.15, -0.1) is 0 Å². The van der Waals surface area contributed by atoms with E-state index in [4.69, 9.17) is 11.6 Å². The highest BCUT2D eigenvalue weighted by Crippen LogP contribution is 2.14. The molecule has 8 heteroatoms. The number of hydrogen-bond donors (Lipinski definition) is 1. The van der Waals surface area contributed by atoms with Crippen molar-refractivity contribution in [2.45, 2.75) is 19.9 Å². The van der Waals surface area contributed by atoms with E-state index >= 15 is 0 Å². The van der Waals surface area contributed by atoms with Gasteiger partial charge in [-0.25, -0.2) is 4.68 Å². The molecule has 0 saturated carbocycles. The maximum atomic E-state index is 11.7. The lowest BCUT2D eigenvalue weighted by Gasteiger charge is -2.08. The molecule has 2 heterocycles. The normalized spacial score (nSPS) is 10.6. The Morgan fingerprint density at radius 2 is 2.39 bits per heavy atom. The lowest BCUT2D eigenvalue weighted by atomic mass is 10.4. The van der Waals surface area contributed by atoms with Gasteiger partial charge in [0.05, 0.1) is 11.9 Å². The Hall–Kier alpha value is -1.89. The highest BCUT2D eigenvalue weighted by atomic mass is 35.5. The van der Waals surface area contributed by atoms with Crippen LogP contribution in [0, 0.1) is 0 Å². The summed E-state index contributed by atoms with van der Waals surface area (Å²) in [6.45, 7) is 2.85. The zero-order chi connectivity index (χ0) is 13.0. The van der Waals surface area contributed by atoms with Gasteiger partial charge in [0.2, 0.25) is 6.39 Å². The van der Waals surface area contributed by atoms with Gasteiger partial charge in [-0.2, -0.15) is 10.1 Å². The summed E-state index contributed by atoms with van der Waals surface area (Å²) < 4.78 is 5.91. The van der Waals surface area contributed by atoms with E-state index < -0.39 is 0 Å². The van der Waals surface area contributed by atoms with Crippen molar-refractivity contribution in [1.29, 1.82) is 0 Å². The fourth-order valence-corrected chi connectivity index (χ4v) is 1.64. The van der Waals surface area contributed by atoms with Crippen LogP contribution in [0.15, 0.2) is 21.9 Å². The zero-order valence-corrected chi connectivity index (χ0v) is 10.5. The second-order valence-electron chi connectivity index (χ2n) is 3.52. The number of hydrogen-bond acceptors (Lipinski definition) is 6. The Kier molecular flexibility index (Phi) is 3.93. The van der Waals surface area contributed by atoms with Crippen LogP contribution in [0.1, 0.15) is 12.7 Å². The summed E-state index contributed by atoms with van der Waals surface area (Å²) in [5.74, 6) is 0.591. The molecule has 0 aliphatic heterocycles. The van der Waals surface area contributed by atoms with E-state index in [0.29, 0.717) is 31.0 Å². The van der Waals surface area contributed by atoms with Crippen molar-refractivity contribution in [3.63, 3.8) is 0 Å². The fourth-order valence-electron chi connectivity index (χ4n) is 1.43. The molecule has 0 fully saturated rings. The summed E-state index contributed by atoms with van der Waals surface area (Å²) in [7, 11) is 0. The summed E-state index contributed by atoms with van der Waals surface area (Å²) in [5, 5.41) is 10.8. The van der Waals surface area contributed by atoms with Crippen LogP contribution in [0.3, 0.4) is 0 Å². The van der Waals surface area contributed by atoms with E-state index in [1.807, 2.05) is 6.92 Å². The third-order valence-corrected chi connectivity index (χ3v) is 2.72. The molecule has 2 aromatic heterocycles. The van der Waals surface area contributed by atoms with Gasteiger partial charge in [0.1, 0.15) is 5.02 Å². The predicted molar refractivity (Wildman–Crippen MR) is 65.7 cm³/mol. The Morgan fingerprint density at radius 1 is 1.56 bits per heavy atom. The van der Waals surface area contributed by atoms with Crippen molar-refractivity contribution in [1.82, 2.24) is 19.9 Å². The predicted octanol–water partition coefficient (Wildman–Crippen LogP) is 0.954. The van der Waals surface area contributed by atoms with E-state index in [9.17, 15) is 4.79 Å². The summed E-state index contributed by atoms with van der Waals surface area (Å²) in [6, 6.07) is 0. The smallest absolute Gasteiger partial charge is 0.287 e. The second-order valence-corrected chi connectivity index (χ2v) is 3.90. The Bertz CT molecular complexity index is 566. The van der Waals surface area contributed by atoms with Crippen LogP contribution >= 0.6 is 11.6 Å². The molecule has 0 saturated heterocycles. The largest absolute Gasteiger partial charge is 0.382 e. The van der Waals surface area contributed by atoms with Gasteiger partial charge < -0.3 is 9.84 Å². The molecule has 0 amide bonds. The summed E-state index contributed by atoms with van der Waals surface area (Å²) in [5.41, 5.74) is 0.207. The Labute approximate surface area is 108 Å². The van der Waals surface area contributed by atoms with Gasteiger partial charge >= 0.3 is 0 Å². The number of anilines is 1. The molecule has 2 rings (SSSR count). The van der Waals surface area contributed by atoms with Gasteiger partial charge in [0, 0.05) is 19.5 Å². The van der Waals surface area contributed by atoms with E-state index in [1.165, 1.54) is 17.3 Å². The van der Waals surface area contributed by atoms with Gasteiger partial charge in [0.15, 0.2) is 5.82 Å². The van der Waals surface area contributed by atoms with E-state index in [1.54, 1.807) is 0 Å². The fraction of sp³-hybridized carbons (Fsp3) is 0.400. The standard InChI is InChI=1S/C10H12ClN5O2/c1-2-16-10(17)9(11)7(5-14-16)12-4-3-8-13-6-18-15-8/h5-6,12H,2-4H2,1H3. The summed E-state index contributed by atoms with van der Waals surface area (Å²) >= 11 is 5.95. The van der Waals surface area contributed by atoms with Crippen LogP contribution in [0.5, 0.6) is 0 Å². The number of nitrogens with one attached hydrogen (secondary N) is 1. The number of rotatable bonds is 5. The molecule has 0 aliphatic rings. The topological polar surface area (TPSA) is 85.8 Å². The number of halogens is 1. The van der Waals surface area contributed by atoms with Gasteiger partial charge in [-0.1, -0.05) is 16.8 Å². The van der Waals surface area contributed by atoms with Gasteiger partial charge in [-0.05, 0) is 6.92 Å². The molecular weight excluding hydrogens is 258 g/mol. The van der Waals surface area contributed by atoms with Crippen molar-refractivity contribution in [3.8, 4) is 0 Å². The van der Waals surface area contributed by atoms with Crippen molar-refractivity contribution in [2.75, 3.05) is 11.9 Å². The van der Waals surface area contributed by atoms with Crippen LogP contribution in [-0.2, 0) is 13.0 Å². The molecule has 0 bridgehead atoms. The molecule has 0 spiro atoms. The maximum Gasteiger partial charge on any atom is 0.287 e. The van der Waals surface area contributed by atoms with E-state index in [-0.39, 0.29) is 10.6 Å². The minimum atomic E-state index is -0.302. The number of aromatic nitrogens is 4. The minimum absolute atomic E-state index is 0.139. The van der Waals surface area contributed by atoms with Crippen LogP contribution in [0.2, 0.25) is 5.02 Å². The van der Waals surface area contributed by atoms with Crippen molar-refractivity contribution in [3.05, 3.63) is 33.8 Å². The zero-order valence-electron chi connectivity index (χ0n) is 9.76. The molecule has 18 heavy (non-hydrogen) atoms. The molecule has 7 nitrogen and oxygen atoms in total. The molecule has 0 aromatic carbocycles. The third kappa shape index (κ3) is 2.67. The number of aryl methyl sites for hydroxylation is 1. The highest BCUT2D eigenvalue weighted by molar-refractivity contribution is 6.32. The van der Waals surface area contributed by atoms with Gasteiger partial charge in [0.25, 0.3) is 5.56 Å². The van der Waals surface area contributed by atoms with Crippen molar-refractivity contribution in [2.24, 2.45) is 0 Å². The molecule has 1 N–H and O–H groups in total. The summed E-state index contributed by atoms with van der Waals surface area (Å²) in [4.78, 5) is 15.6. The highest BCUT2D eigenvalue weighted by Gasteiger charge is 2.08. The minimum Gasteiger partial charge on any atom is -0.382 e. The quantitative estimate of drug-likeness (QED) is 0.870. The van der Waals surface area contributed by atoms with Gasteiger partial charge in [-0.3, -0.25) is 4.79 Å². The molecule has 0 radical (unpaired) electrons. The SMILES string of the molecule is CCn1ncc(NCCc2ncon2)c(Cl)c1=O. The third-order valence-electron chi connectivity index (χ3n) is 2.36. The molecule has 2 aromatic rings. The van der Waals surface area contributed by atoms with Crippen molar-refractivity contribution < 1.29 is 4.52 Å². The van der Waals surface area contributed by atoms with Crippen molar-refractivity contribution >= 4 is 17.3 Å². The van der Waals surface area contributed by atoms with Crippen LogP contribution in [-0.4, -0.2) is 26.5 Å². The first-order chi connectivity index (χ1) is 8.72. The van der Waals surface area contributed by atoms with Crippen LogP contribution in [0.4, 0.5) is 5.69 Å². The monoisotopic (exact) mass is 269 g/mol.